The molecule has 0 radical (unpaired) electrons. The maximum atomic E-state index is 11.7. The number of azide groups is 1. The zero-order valence-corrected chi connectivity index (χ0v) is 18.0. The molecule has 0 spiro atoms. The van der Waals surface area contributed by atoms with Crippen molar-refractivity contribution in [3.63, 3.8) is 0 Å². The molecule has 2 aromatic rings. The molecule has 0 aliphatic heterocycles. The second kappa shape index (κ2) is 8.94. The lowest BCUT2D eigenvalue weighted by Crippen LogP contribution is -2.21. The molecule has 0 aromatic carbocycles. The molecule has 2 atom stereocenters. The maximum absolute atomic E-state index is 11.7. The Morgan fingerprint density at radius 3 is 2.64 bits per heavy atom. The van der Waals surface area contributed by atoms with E-state index in [1.54, 1.807) is 32.3 Å². The van der Waals surface area contributed by atoms with Gasteiger partial charge in [-0.15, -0.1) is 0 Å². The zero-order valence-electron chi connectivity index (χ0n) is 16.4. The van der Waals surface area contributed by atoms with E-state index in [1.807, 2.05) is 13.8 Å². The van der Waals surface area contributed by atoms with Crippen LogP contribution >= 0.6 is 11.6 Å². The number of halogens is 1. The number of fused-ring (bicyclic) bond motifs is 1. The van der Waals surface area contributed by atoms with Crippen LogP contribution in [0.3, 0.4) is 0 Å². The Hall–Kier alpha value is -2.09. The fourth-order valence-electron chi connectivity index (χ4n) is 2.76. The minimum absolute atomic E-state index is 0.0511. The van der Waals surface area contributed by atoms with Gasteiger partial charge in [0.15, 0.2) is 0 Å². The Morgan fingerprint density at radius 2 is 2.04 bits per heavy atom. The fraction of sp³-hybridized carbons (Fsp3) is 0.556. The van der Waals surface area contributed by atoms with Crippen LogP contribution in [0.15, 0.2) is 23.6 Å². The van der Waals surface area contributed by atoms with Crippen LogP contribution in [0.5, 0.6) is 5.88 Å². The number of hydrogen-bond donors (Lipinski definition) is 0. The van der Waals surface area contributed by atoms with Crippen molar-refractivity contribution in [3.8, 4) is 5.88 Å². The van der Waals surface area contributed by atoms with Crippen molar-refractivity contribution < 1.29 is 13.2 Å². The minimum Gasteiger partial charge on any atom is -0.474 e. The van der Waals surface area contributed by atoms with Crippen molar-refractivity contribution in [2.24, 2.45) is 5.11 Å². The van der Waals surface area contributed by atoms with E-state index in [0.29, 0.717) is 29.3 Å². The number of hydrogen-bond acceptors (Lipinski definition) is 6. The molecule has 28 heavy (non-hydrogen) atoms. The summed E-state index contributed by atoms with van der Waals surface area (Å²) in [5.74, 6) is 0.492. The van der Waals surface area contributed by atoms with E-state index >= 15 is 0 Å². The Labute approximate surface area is 169 Å². The van der Waals surface area contributed by atoms with Gasteiger partial charge in [0.25, 0.3) is 0 Å². The number of sulfone groups is 1. The summed E-state index contributed by atoms with van der Waals surface area (Å²) < 4.78 is 29.3. The summed E-state index contributed by atoms with van der Waals surface area (Å²) in [4.78, 5) is 11.5. The normalized spacial score (nSPS) is 14.9. The summed E-state index contributed by atoms with van der Waals surface area (Å²) in [7, 11) is -3.07. The van der Waals surface area contributed by atoms with Gasteiger partial charge in [-0.2, -0.15) is 0 Å². The van der Waals surface area contributed by atoms with E-state index in [4.69, 9.17) is 21.9 Å². The summed E-state index contributed by atoms with van der Waals surface area (Å²) in [5, 5.41) is 5.61. The van der Waals surface area contributed by atoms with Crippen molar-refractivity contribution in [3.05, 3.63) is 39.6 Å². The summed E-state index contributed by atoms with van der Waals surface area (Å²) >= 11 is 6.09. The van der Waals surface area contributed by atoms with E-state index in [-0.39, 0.29) is 17.6 Å². The first kappa shape index (κ1) is 22.2. The molecule has 1 unspecified atom stereocenters. The van der Waals surface area contributed by atoms with Crippen molar-refractivity contribution in [1.82, 2.24) is 9.97 Å². The van der Waals surface area contributed by atoms with Gasteiger partial charge in [0, 0.05) is 23.1 Å². The Bertz CT molecular complexity index is 1010. The van der Waals surface area contributed by atoms with E-state index in [0.717, 1.165) is 10.9 Å². The third-order valence-corrected chi connectivity index (χ3v) is 6.77. The predicted octanol–water partition coefficient (Wildman–Crippen LogP) is 4.81. The van der Waals surface area contributed by atoms with Crippen LogP contribution in [0, 0.1) is 0 Å². The van der Waals surface area contributed by atoms with E-state index in [9.17, 15) is 8.42 Å². The van der Waals surface area contributed by atoms with Crippen molar-refractivity contribution in [2.75, 3.05) is 11.5 Å². The molecule has 0 fully saturated rings. The van der Waals surface area contributed by atoms with Gasteiger partial charge < -0.3 is 4.74 Å². The van der Waals surface area contributed by atoms with Crippen LogP contribution in [-0.4, -0.2) is 36.0 Å². The third-order valence-electron chi connectivity index (χ3n) is 4.82. The third kappa shape index (κ3) is 5.04. The number of ether oxygens (including phenoxy) is 1. The highest BCUT2D eigenvalue weighted by Gasteiger charge is 2.27. The van der Waals surface area contributed by atoms with Gasteiger partial charge in [-0.3, -0.25) is 0 Å². The highest BCUT2D eigenvalue weighted by atomic mass is 35.5. The number of pyridine rings is 2. The second-order valence-electron chi connectivity index (χ2n) is 6.80. The molecule has 10 heteroatoms. The fourth-order valence-corrected chi connectivity index (χ4v) is 3.90. The first-order chi connectivity index (χ1) is 13.2. The van der Waals surface area contributed by atoms with Gasteiger partial charge in [0.2, 0.25) is 5.88 Å². The summed E-state index contributed by atoms with van der Waals surface area (Å²) in [6.45, 7) is 7.17. The number of aromatic nitrogens is 2. The molecule has 2 rings (SSSR count). The molecule has 0 saturated carbocycles. The highest BCUT2D eigenvalue weighted by molar-refractivity contribution is 7.91. The monoisotopic (exact) mass is 425 g/mol. The minimum atomic E-state index is -3.07. The summed E-state index contributed by atoms with van der Waals surface area (Å²) in [6.07, 6.45) is 3.74. The van der Waals surface area contributed by atoms with Crippen LogP contribution in [0.4, 0.5) is 0 Å². The van der Waals surface area contributed by atoms with Crippen molar-refractivity contribution in [1.29, 1.82) is 0 Å². The quantitative estimate of drug-likeness (QED) is 0.247. The van der Waals surface area contributed by atoms with Gasteiger partial charge >= 0.3 is 0 Å². The van der Waals surface area contributed by atoms with Gasteiger partial charge in [-0.05, 0) is 49.2 Å². The molecule has 0 N–H and O–H groups in total. The Kier molecular flexibility index (Phi) is 7.09. The van der Waals surface area contributed by atoms with Crippen LogP contribution in [0.2, 0.25) is 5.15 Å². The molecule has 2 heterocycles. The number of rotatable bonds is 9. The predicted molar refractivity (Wildman–Crippen MR) is 110 cm³/mol. The van der Waals surface area contributed by atoms with Gasteiger partial charge in [0.05, 0.1) is 22.8 Å². The van der Waals surface area contributed by atoms with Gasteiger partial charge in [0.1, 0.15) is 15.0 Å². The molecular formula is C18H24ClN5O3S. The second-order valence-corrected chi connectivity index (χ2v) is 9.66. The first-order valence-electron chi connectivity index (χ1n) is 9.03. The van der Waals surface area contributed by atoms with Crippen molar-refractivity contribution in [2.45, 2.75) is 52.2 Å². The van der Waals surface area contributed by atoms with Crippen LogP contribution in [0.25, 0.3) is 21.2 Å². The average molecular weight is 426 g/mol. The first-order valence-corrected chi connectivity index (χ1v) is 11.2. The Morgan fingerprint density at radius 1 is 1.32 bits per heavy atom. The van der Waals surface area contributed by atoms with E-state index < -0.39 is 15.4 Å². The molecule has 0 bridgehead atoms. The lowest BCUT2D eigenvalue weighted by molar-refractivity contribution is 0.212. The van der Waals surface area contributed by atoms with E-state index in [1.165, 1.54) is 0 Å². The lowest BCUT2D eigenvalue weighted by atomic mass is 9.88. The Balaban J connectivity index is 2.45. The molecule has 152 valence electrons. The average Bonchev–Trinajstić information content (AvgIpc) is 2.66. The van der Waals surface area contributed by atoms with Gasteiger partial charge in [-0.25, -0.2) is 18.4 Å². The van der Waals surface area contributed by atoms with E-state index in [2.05, 4.69) is 20.0 Å². The molecule has 0 saturated heterocycles. The van der Waals surface area contributed by atoms with Crippen molar-refractivity contribution >= 4 is 32.2 Å². The largest absolute Gasteiger partial charge is 0.474 e. The van der Waals surface area contributed by atoms with Crippen LogP contribution in [0.1, 0.15) is 46.1 Å². The standard InChI is InChI=1S/C18H24ClN5O3S/c1-5-18(4,23-24-20)15-11-22-17(14-10-21-16(19)9-13(14)15)27-12(3)7-8-28(25,26)6-2/h9-12H,5-8H2,1-4H3/t12?,18-/m1/s1. The molecule has 2 aromatic heterocycles. The van der Waals surface area contributed by atoms with Crippen LogP contribution < -0.4 is 4.74 Å². The smallest absolute Gasteiger partial charge is 0.223 e. The molecular weight excluding hydrogens is 402 g/mol. The molecule has 8 nitrogen and oxygen atoms in total. The highest BCUT2D eigenvalue weighted by Crippen LogP contribution is 2.37. The van der Waals surface area contributed by atoms with Crippen LogP contribution in [-0.2, 0) is 15.4 Å². The molecule has 0 aliphatic rings. The SMILES string of the molecule is CC[C@@](C)(N=[N+]=[N-])c1cnc(OC(C)CCS(=O)(=O)CC)c2cnc(Cl)cc12. The molecule has 0 amide bonds. The van der Waals surface area contributed by atoms with Gasteiger partial charge in [-0.1, -0.05) is 30.6 Å². The topological polar surface area (TPSA) is 118 Å². The maximum Gasteiger partial charge on any atom is 0.223 e. The number of nitrogens with zero attached hydrogens (tertiary/aromatic N) is 5. The molecule has 0 aliphatic carbocycles. The lowest BCUT2D eigenvalue weighted by Gasteiger charge is -2.25. The summed E-state index contributed by atoms with van der Waals surface area (Å²) in [6, 6.07) is 1.69. The summed E-state index contributed by atoms with van der Waals surface area (Å²) in [5.41, 5.74) is 8.89. The zero-order chi connectivity index (χ0) is 20.9.